The van der Waals surface area contributed by atoms with Crippen molar-refractivity contribution in [3.63, 3.8) is 0 Å². The highest BCUT2D eigenvalue weighted by Crippen LogP contribution is 2.26. The van der Waals surface area contributed by atoms with Gasteiger partial charge in [0.05, 0.1) is 0 Å². The van der Waals surface area contributed by atoms with Crippen LogP contribution >= 0.6 is 0 Å². The first-order valence-electron chi connectivity index (χ1n) is 10.9. The summed E-state index contributed by atoms with van der Waals surface area (Å²) in [6.45, 7) is 2.02. The molecule has 8 nitrogen and oxygen atoms in total. The van der Waals surface area contributed by atoms with Crippen molar-refractivity contribution in [1.29, 1.82) is 0 Å². The van der Waals surface area contributed by atoms with Gasteiger partial charge in [-0.1, -0.05) is 42.5 Å². The molecule has 1 aromatic heterocycles. The van der Waals surface area contributed by atoms with Crippen molar-refractivity contribution in [2.75, 3.05) is 12.3 Å². The van der Waals surface area contributed by atoms with Crippen LogP contribution in [0.5, 0.6) is 0 Å². The summed E-state index contributed by atoms with van der Waals surface area (Å²) in [5.41, 5.74) is 7.40. The highest BCUT2D eigenvalue weighted by atomic mass is 16.5. The maximum atomic E-state index is 13.3. The predicted molar refractivity (Wildman–Crippen MR) is 124 cm³/mol. The number of likely N-dealkylation sites (tertiary alicyclic amines) is 1. The van der Waals surface area contributed by atoms with Gasteiger partial charge < -0.3 is 20.7 Å². The summed E-state index contributed by atoms with van der Waals surface area (Å²) >= 11 is 0. The number of hydrogen-bond donors (Lipinski definition) is 2. The molecule has 1 fully saturated rings. The van der Waals surface area contributed by atoms with E-state index in [1.54, 1.807) is 30.5 Å². The fourth-order valence-corrected chi connectivity index (χ4v) is 4.18. The summed E-state index contributed by atoms with van der Waals surface area (Å²) in [6.07, 6.45) is 1.83. The SMILES string of the molecule is CC(=O)O[C@@H](C(=O)N1CCC[C@H]1C(=O)NCc1ccc2c(N)nccc2c1)c1ccccc1. The number of aromatic nitrogens is 1. The molecule has 0 bridgehead atoms. The van der Waals surface area contributed by atoms with Crippen LogP contribution in [-0.2, 0) is 25.7 Å². The number of nitrogens with one attached hydrogen (secondary N) is 1. The average molecular weight is 447 g/mol. The highest BCUT2D eigenvalue weighted by Gasteiger charge is 2.38. The molecule has 0 saturated carbocycles. The number of hydrogen-bond acceptors (Lipinski definition) is 6. The van der Waals surface area contributed by atoms with Gasteiger partial charge in [0, 0.05) is 37.2 Å². The molecule has 2 aromatic carbocycles. The minimum absolute atomic E-state index is 0.232. The maximum absolute atomic E-state index is 13.3. The van der Waals surface area contributed by atoms with Crippen molar-refractivity contribution in [3.05, 3.63) is 71.9 Å². The third-order valence-electron chi connectivity index (χ3n) is 5.78. The number of esters is 1. The molecule has 3 aromatic rings. The third kappa shape index (κ3) is 4.95. The molecule has 2 atom stereocenters. The summed E-state index contributed by atoms with van der Waals surface area (Å²) in [5.74, 6) is -0.707. The molecule has 33 heavy (non-hydrogen) atoms. The van der Waals surface area contributed by atoms with Gasteiger partial charge >= 0.3 is 5.97 Å². The van der Waals surface area contributed by atoms with Gasteiger partial charge in [-0.2, -0.15) is 0 Å². The van der Waals surface area contributed by atoms with Crippen LogP contribution in [0.2, 0.25) is 0 Å². The second kappa shape index (κ2) is 9.68. The zero-order valence-corrected chi connectivity index (χ0v) is 18.4. The Morgan fingerprint density at radius 3 is 2.73 bits per heavy atom. The lowest BCUT2D eigenvalue weighted by Crippen LogP contribution is -2.47. The Morgan fingerprint density at radius 1 is 1.18 bits per heavy atom. The van der Waals surface area contributed by atoms with E-state index >= 15 is 0 Å². The normalized spacial score (nSPS) is 16.4. The molecule has 0 aliphatic carbocycles. The van der Waals surface area contributed by atoms with Crippen LogP contribution in [0.15, 0.2) is 60.8 Å². The largest absolute Gasteiger partial charge is 0.447 e. The Balaban J connectivity index is 1.46. The predicted octanol–water partition coefficient (Wildman–Crippen LogP) is 2.73. The fourth-order valence-electron chi connectivity index (χ4n) is 4.18. The molecule has 1 aliphatic heterocycles. The molecular weight excluding hydrogens is 420 g/mol. The standard InChI is InChI=1S/C25H26N4O4/c1-16(30)33-22(18-6-3-2-4-7-18)25(32)29-13-5-8-21(29)24(31)28-15-17-9-10-20-19(14-17)11-12-27-23(20)26/h2-4,6-7,9-12,14,21-22H,5,8,13,15H2,1H3,(H2,26,27)(H,28,31)/t21-,22+/m0/s1. The van der Waals surface area contributed by atoms with Crippen LogP contribution in [-0.4, -0.2) is 40.3 Å². The Hall–Kier alpha value is -3.94. The van der Waals surface area contributed by atoms with Crippen LogP contribution in [0.3, 0.4) is 0 Å². The molecule has 8 heteroatoms. The van der Waals surface area contributed by atoms with Crippen LogP contribution in [0.25, 0.3) is 10.8 Å². The summed E-state index contributed by atoms with van der Waals surface area (Å²) in [6, 6.07) is 15.8. The first kappa shape index (κ1) is 22.3. The minimum Gasteiger partial charge on any atom is -0.447 e. The number of ether oxygens (including phenoxy) is 1. The van der Waals surface area contributed by atoms with Gasteiger partial charge in [0.1, 0.15) is 11.9 Å². The maximum Gasteiger partial charge on any atom is 0.303 e. The number of benzene rings is 2. The van der Waals surface area contributed by atoms with E-state index in [2.05, 4.69) is 10.3 Å². The second-order valence-corrected chi connectivity index (χ2v) is 8.06. The van der Waals surface area contributed by atoms with Gasteiger partial charge in [-0.3, -0.25) is 14.4 Å². The molecule has 1 aliphatic rings. The van der Waals surface area contributed by atoms with Crippen molar-refractivity contribution in [2.24, 2.45) is 0 Å². The number of carbonyl (C=O) groups excluding carboxylic acids is 3. The topological polar surface area (TPSA) is 115 Å². The number of amides is 2. The van der Waals surface area contributed by atoms with E-state index in [1.807, 2.05) is 30.3 Å². The van der Waals surface area contributed by atoms with Crippen molar-refractivity contribution in [1.82, 2.24) is 15.2 Å². The zero-order chi connectivity index (χ0) is 23.4. The third-order valence-corrected chi connectivity index (χ3v) is 5.78. The molecular formula is C25H26N4O4. The Morgan fingerprint density at radius 2 is 1.97 bits per heavy atom. The summed E-state index contributed by atoms with van der Waals surface area (Å²) in [4.78, 5) is 43.5. The first-order chi connectivity index (χ1) is 15.9. The monoisotopic (exact) mass is 446 g/mol. The van der Waals surface area contributed by atoms with Crippen LogP contribution in [0, 0.1) is 0 Å². The first-order valence-corrected chi connectivity index (χ1v) is 10.9. The van der Waals surface area contributed by atoms with Gasteiger partial charge in [-0.25, -0.2) is 4.98 Å². The molecule has 1 saturated heterocycles. The van der Waals surface area contributed by atoms with Crippen molar-refractivity contribution < 1.29 is 19.1 Å². The highest BCUT2D eigenvalue weighted by molar-refractivity contribution is 5.92. The molecule has 4 rings (SSSR count). The number of nitrogens with two attached hydrogens (primary N) is 1. The van der Waals surface area contributed by atoms with Crippen LogP contribution in [0.1, 0.15) is 37.0 Å². The molecule has 0 radical (unpaired) electrons. The van der Waals surface area contributed by atoms with Crippen molar-refractivity contribution >= 4 is 34.4 Å². The lowest BCUT2D eigenvalue weighted by molar-refractivity contribution is -0.160. The van der Waals surface area contributed by atoms with Gasteiger partial charge in [0.15, 0.2) is 0 Å². The molecule has 3 N–H and O–H groups in total. The van der Waals surface area contributed by atoms with E-state index in [-0.39, 0.29) is 11.8 Å². The number of rotatable bonds is 6. The quantitative estimate of drug-likeness (QED) is 0.563. The smallest absolute Gasteiger partial charge is 0.303 e. The van der Waals surface area contributed by atoms with E-state index in [1.165, 1.54) is 11.8 Å². The minimum atomic E-state index is -1.07. The fraction of sp³-hybridized carbons (Fsp3) is 0.280. The number of carbonyl (C=O) groups is 3. The molecule has 0 unspecified atom stereocenters. The van der Waals surface area contributed by atoms with E-state index < -0.39 is 18.1 Å². The Bertz CT molecular complexity index is 1180. The molecule has 0 spiro atoms. The summed E-state index contributed by atoms with van der Waals surface area (Å²) < 4.78 is 5.34. The van der Waals surface area contributed by atoms with Gasteiger partial charge in [0.25, 0.3) is 5.91 Å². The molecule has 170 valence electrons. The van der Waals surface area contributed by atoms with E-state index in [0.717, 1.165) is 16.3 Å². The van der Waals surface area contributed by atoms with Crippen molar-refractivity contribution in [3.8, 4) is 0 Å². The number of nitrogen functional groups attached to an aromatic ring is 1. The molecule has 2 heterocycles. The van der Waals surface area contributed by atoms with Crippen LogP contribution in [0.4, 0.5) is 5.82 Å². The van der Waals surface area contributed by atoms with Crippen molar-refractivity contribution in [2.45, 2.75) is 38.5 Å². The van der Waals surface area contributed by atoms with E-state index in [4.69, 9.17) is 10.5 Å². The van der Waals surface area contributed by atoms with Gasteiger partial charge in [-0.05, 0) is 35.9 Å². The number of pyridine rings is 1. The summed E-state index contributed by atoms with van der Waals surface area (Å²) in [7, 11) is 0. The van der Waals surface area contributed by atoms with Gasteiger partial charge in [-0.15, -0.1) is 0 Å². The number of nitrogens with zero attached hydrogens (tertiary/aromatic N) is 2. The molecule has 2 amide bonds. The van der Waals surface area contributed by atoms with Crippen LogP contribution < -0.4 is 11.1 Å². The Kier molecular flexibility index (Phi) is 6.53. The lowest BCUT2D eigenvalue weighted by Gasteiger charge is -2.28. The zero-order valence-electron chi connectivity index (χ0n) is 18.4. The van der Waals surface area contributed by atoms with Gasteiger partial charge in [0.2, 0.25) is 12.0 Å². The lowest BCUT2D eigenvalue weighted by atomic mass is 10.1. The second-order valence-electron chi connectivity index (χ2n) is 8.06. The van der Waals surface area contributed by atoms with E-state index in [9.17, 15) is 14.4 Å². The summed E-state index contributed by atoms with van der Waals surface area (Å²) in [5, 5.41) is 4.74. The Labute approximate surface area is 191 Å². The average Bonchev–Trinajstić information content (AvgIpc) is 3.31. The number of fused-ring (bicyclic) bond motifs is 1. The number of anilines is 1. The van der Waals surface area contributed by atoms with E-state index in [0.29, 0.717) is 37.3 Å².